The smallest absolute Gasteiger partial charge is 0.352 e. The Bertz CT molecular complexity index is 1590. The number of hydrogen-bond donors (Lipinski definition) is 4. The van der Waals surface area contributed by atoms with Gasteiger partial charge in [0, 0.05) is 51.4 Å². The second-order valence-corrected chi connectivity index (χ2v) is 9.60. The normalized spacial score (nSPS) is 14.2. The maximum Gasteiger partial charge on any atom is 0.352 e. The van der Waals surface area contributed by atoms with Gasteiger partial charge in [0.2, 0.25) is 0 Å². The first-order valence-corrected chi connectivity index (χ1v) is 11.9. The average Bonchev–Trinajstić information content (AvgIpc) is 3.52. The second-order valence-electron chi connectivity index (χ2n) is 9.60. The Balaban J connectivity index is 1.65. The highest BCUT2D eigenvalue weighted by molar-refractivity contribution is 6.07. The van der Waals surface area contributed by atoms with Gasteiger partial charge in [-0.25, -0.2) is 9.18 Å². The van der Waals surface area contributed by atoms with Crippen molar-refractivity contribution in [1.82, 2.24) is 15.0 Å². The van der Waals surface area contributed by atoms with E-state index in [4.69, 9.17) is 4.74 Å². The van der Waals surface area contributed by atoms with Crippen LogP contribution in [0.4, 0.5) is 4.39 Å². The van der Waals surface area contributed by atoms with Crippen molar-refractivity contribution in [2.24, 2.45) is 0 Å². The fraction of sp³-hybridized carbons (Fsp3) is 0.250. The number of ether oxygens (including phenoxy) is 1. The van der Waals surface area contributed by atoms with Gasteiger partial charge in [-0.2, -0.15) is 0 Å². The Morgan fingerprint density at radius 2 is 1.71 bits per heavy atom. The lowest BCUT2D eigenvalue weighted by Gasteiger charge is -2.26. The van der Waals surface area contributed by atoms with E-state index in [0.29, 0.717) is 28.1 Å². The summed E-state index contributed by atoms with van der Waals surface area (Å²) in [5.74, 6) is -0.774. The molecule has 0 radical (unpaired) electrons. The number of benzene rings is 2. The minimum absolute atomic E-state index is 0.0354. The molecule has 1 aliphatic carbocycles. The molecule has 3 heterocycles. The van der Waals surface area contributed by atoms with Gasteiger partial charge in [-0.1, -0.05) is 13.8 Å². The number of aromatic amines is 3. The zero-order chi connectivity index (χ0) is 24.3. The summed E-state index contributed by atoms with van der Waals surface area (Å²) in [6, 6.07) is 10.7. The summed E-state index contributed by atoms with van der Waals surface area (Å²) >= 11 is 0. The van der Waals surface area contributed by atoms with Gasteiger partial charge in [0.05, 0.1) is 11.8 Å². The van der Waals surface area contributed by atoms with Crippen LogP contribution in [0.25, 0.3) is 44.2 Å². The molecular weight excluding hydrogens is 445 g/mol. The second kappa shape index (κ2) is 8.05. The lowest BCUT2D eigenvalue weighted by Crippen LogP contribution is -2.24. The number of hydrogen-bond acceptors (Lipinski definition) is 2. The van der Waals surface area contributed by atoms with Crippen LogP contribution in [0.15, 0.2) is 48.8 Å². The first-order valence-electron chi connectivity index (χ1n) is 11.9. The highest BCUT2D eigenvalue weighted by Crippen LogP contribution is 2.45. The zero-order valence-corrected chi connectivity index (χ0v) is 19.5. The molecule has 0 amide bonds. The van der Waals surface area contributed by atoms with Crippen molar-refractivity contribution < 1.29 is 19.0 Å². The Kier molecular flexibility index (Phi) is 4.95. The van der Waals surface area contributed by atoms with E-state index in [1.807, 2.05) is 44.3 Å². The van der Waals surface area contributed by atoms with E-state index < -0.39 is 5.97 Å². The molecule has 1 fully saturated rings. The Hall–Kier alpha value is -4.00. The van der Waals surface area contributed by atoms with E-state index in [1.165, 1.54) is 12.1 Å². The van der Waals surface area contributed by atoms with E-state index in [2.05, 4.69) is 15.0 Å². The summed E-state index contributed by atoms with van der Waals surface area (Å²) in [5.41, 5.74) is 5.09. The van der Waals surface area contributed by atoms with Gasteiger partial charge < -0.3 is 24.8 Å². The van der Waals surface area contributed by atoms with Crippen LogP contribution in [0.5, 0.6) is 5.75 Å². The van der Waals surface area contributed by atoms with Crippen LogP contribution < -0.4 is 4.74 Å². The fourth-order valence-electron chi connectivity index (χ4n) is 5.18. The molecule has 6 nitrogen and oxygen atoms in total. The highest BCUT2D eigenvalue weighted by atomic mass is 19.1. The van der Waals surface area contributed by atoms with Crippen molar-refractivity contribution in [3.05, 3.63) is 65.9 Å². The predicted octanol–water partition coefficient (Wildman–Crippen LogP) is 7.20. The minimum atomic E-state index is -1.07. The summed E-state index contributed by atoms with van der Waals surface area (Å²) in [6.45, 7) is 4.05. The van der Waals surface area contributed by atoms with E-state index >= 15 is 0 Å². The lowest BCUT2D eigenvalue weighted by atomic mass is 9.89. The lowest BCUT2D eigenvalue weighted by molar-refractivity contribution is 0.0692. The summed E-state index contributed by atoms with van der Waals surface area (Å²) in [6.07, 6.45) is 7.00. The van der Waals surface area contributed by atoms with Crippen molar-refractivity contribution in [2.45, 2.75) is 45.1 Å². The van der Waals surface area contributed by atoms with Crippen molar-refractivity contribution >= 4 is 27.8 Å². The molecule has 0 bridgehead atoms. The number of carboxylic acids is 1. The van der Waals surface area contributed by atoms with Crippen molar-refractivity contribution in [3.63, 3.8) is 0 Å². The van der Waals surface area contributed by atoms with E-state index in [0.717, 1.165) is 46.7 Å². The summed E-state index contributed by atoms with van der Waals surface area (Å²) < 4.78 is 20.8. The van der Waals surface area contributed by atoms with Crippen molar-refractivity contribution in [3.8, 4) is 28.1 Å². The summed E-state index contributed by atoms with van der Waals surface area (Å²) in [4.78, 5) is 22.0. The highest BCUT2D eigenvalue weighted by Gasteiger charge is 2.29. The molecule has 4 N–H and O–H groups in total. The quantitative estimate of drug-likeness (QED) is 0.211. The van der Waals surface area contributed by atoms with Gasteiger partial charge in [-0.3, -0.25) is 0 Å². The number of carboxylic acid groups (broad SMARTS) is 1. The van der Waals surface area contributed by atoms with Crippen LogP contribution in [0.2, 0.25) is 0 Å². The van der Waals surface area contributed by atoms with Gasteiger partial charge in [-0.15, -0.1) is 0 Å². The third kappa shape index (κ3) is 3.50. The van der Waals surface area contributed by atoms with Gasteiger partial charge in [0.15, 0.2) is 0 Å². The monoisotopic (exact) mass is 471 g/mol. The average molecular weight is 472 g/mol. The molecule has 7 heteroatoms. The molecule has 35 heavy (non-hydrogen) atoms. The van der Waals surface area contributed by atoms with Crippen LogP contribution >= 0.6 is 0 Å². The number of fused-ring (bicyclic) bond motifs is 2. The van der Waals surface area contributed by atoms with E-state index in [9.17, 15) is 14.3 Å². The van der Waals surface area contributed by atoms with Gasteiger partial charge >= 0.3 is 5.97 Å². The van der Waals surface area contributed by atoms with Crippen LogP contribution in [0.1, 0.15) is 55.1 Å². The molecular formula is C28H26FN3O3. The molecule has 1 aliphatic rings. The van der Waals surface area contributed by atoms with Gasteiger partial charge in [-0.05, 0) is 66.6 Å². The standard InChI is InChI=1S/C28H26FN3O3/c1-14(2)24-25(20-12-17(35-16-4-3-5-16)13-23-18(20)6-8-31-23)27(28(33)34)32-26(24)21-10-15(29)11-22-19(21)7-9-30-22/h6-14,16,30-32H,3-5H2,1-2H3,(H,33,34). The number of halogens is 1. The third-order valence-corrected chi connectivity index (χ3v) is 7.00. The maximum atomic E-state index is 14.6. The van der Waals surface area contributed by atoms with Crippen LogP contribution in [0, 0.1) is 5.82 Å². The molecule has 0 unspecified atom stereocenters. The van der Waals surface area contributed by atoms with Crippen LogP contribution in [-0.2, 0) is 0 Å². The van der Waals surface area contributed by atoms with E-state index in [-0.39, 0.29) is 23.5 Å². The molecule has 2 aromatic carbocycles. The largest absolute Gasteiger partial charge is 0.490 e. The topological polar surface area (TPSA) is 93.9 Å². The van der Waals surface area contributed by atoms with Gasteiger partial charge in [0.25, 0.3) is 0 Å². The minimum Gasteiger partial charge on any atom is -0.490 e. The first kappa shape index (κ1) is 21.5. The number of aromatic carboxylic acids is 1. The van der Waals surface area contributed by atoms with Crippen molar-refractivity contribution in [1.29, 1.82) is 0 Å². The predicted molar refractivity (Wildman–Crippen MR) is 135 cm³/mol. The summed E-state index contributed by atoms with van der Waals surface area (Å²) in [5, 5.41) is 12.0. The Morgan fingerprint density at radius 3 is 2.34 bits per heavy atom. The molecule has 0 spiro atoms. The maximum absolute atomic E-state index is 14.6. The number of carbonyl (C=O) groups is 1. The number of H-pyrrole nitrogens is 3. The molecule has 178 valence electrons. The van der Waals surface area contributed by atoms with E-state index in [1.54, 1.807) is 6.20 Å². The molecule has 3 aromatic heterocycles. The SMILES string of the molecule is CC(C)c1c(-c2cc(F)cc3[nH]ccc23)[nH]c(C(=O)O)c1-c1cc(OC2CCC2)cc2[nH]ccc12. The number of nitrogens with one attached hydrogen (secondary N) is 3. The Labute approximate surface area is 201 Å². The molecule has 1 saturated carbocycles. The van der Waals surface area contributed by atoms with Crippen LogP contribution in [-0.4, -0.2) is 32.1 Å². The van der Waals surface area contributed by atoms with Crippen LogP contribution in [0.3, 0.4) is 0 Å². The molecule has 0 aliphatic heterocycles. The number of aromatic nitrogens is 3. The molecule has 5 aromatic rings. The van der Waals surface area contributed by atoms with Crippen molar-refractivity contribution in [2.75, 3.05) is 0 Å². The molecule has 0 atom stereocenters. The van der Waals surface area contributed by atoms with Gasteiger partial charge in [0.1, 0.15) is 17.3 Å². The molecule has 6 rings (SSSR count). The molecule has 0 saturated heterocycles. The number of rotatable bonds is 6. The Morgan fingerprint density at radius 1 is 1.03 bits per heavy atom. The fourth-order valence-corrected chi connectivity index (χ4v) is 5.18. The third-order valence-electron chi connectivity index (χ3n) is 7.00. The zero-order valence-electron chi connectivity index (χ0n) is 19.5. The first-order chi connectivity index (χ1) is 16.9. The summed E-state index contributed by atoms with van der Waals surface area (Å²) in [7, 11) is 0.